The summed E-state index contributed by atoms with van der Waals surface area (Å²) in [7, 11) is 0. The lowest BCUT2D eigenvalue weighted by molar-refractivity contribution is 0.368. The minimum Gasteiger partial charge on any atom is -0.271 e. The molecule has 2 heteroatoms. The molecule has 2 saturated carbocycles. The predicted molar refractivity (Wildman–Crippen MR) is 77.6 cm³/mol. The van der Waals surface area contributed by atoms with Gasteiger partial charge >= 0.3 is 0 Å². The number of benzene rings is 1. The van der Waals surface area contributed by atoms with Gasteiger partial charge in [0.25, 0.3) is 0 Å². The van der Waals surface area contributed by atoms with E-state index in [1.165, 1.54) is 38.5 Å². The minimum atomic E-state index is 0.548. The Morgan fingerprint density at radius 2 is 1.89 bits per heavy atom. The average Bonchev–Trinajstić information content (AvgIpc) is 3.15. The quantitative estimate of drug-likeness (QED) is 0.642. The highest BCUT2D eigenvalue weighted by molar-refractivity contribution is 5.40. The molecule has 0 heterocycles. The van der Waals surface area contributed by atoms with E-state index in [1.807, 2.05) is 0 Å². The summed E-state index contributed by atoms with van der Waals surface area (Å²) in [6.07, 6.45) is 8.30. The van der Waals surface area contributed by atoms with Gasteiger partial charge in [-0.3, -0.25) is 11.3 Å². The summed E-state index contributed by atoms with van der Waals surface area (Å²) in [5.41, 5.74) is 6.28. The Kier molecular flexibility index (Phi) is 2.89. The second-order valence-electron chi connectivity index (χ2n) is 6.80. The molecule has 3 aliphatic carbocycles. The summed E-state index contributed by atoms with van der Waals surface area (Å²) < 4.78 is 0. The second kappa shape index (κ2) is 4.60. The number of nitrogens with two attached hydrogens (primary N) is 1. The van der Waals surface area contributed by atoms with Crippen LogP contribution in [0.4, 0.5) is 0 Å². The largest absolute Gasteiger partial charge is 0.271 e. The van der Waals surface area contributed by atoms with Crippen molar-refractivity contribution >= 4 is 0 Å². The Morgan fingerprint density at radius 3 is 2.58 bits per heavy atom. The van der Waals surface area contributed by atoms with Gasteiger partial charge in [-0.05, 0) is 60.5 Å². The summed E-state index contributed by atoms with van der Waals surface area (Å²) in [5.74, 6) is 9.47. The highest BCUT2D eigenvalue weighted by Gasteiger charge is 2.54. The second-order valence-corrected chi connectivity index (χ2v) is 6.80. The van der Waals surface area contributed by atoms with Crippen LogP contribution in [-0.2, 0) is 6.42 Å². The molecule has 3 aliphatic rings. The number of nitrogens with one attached hydrogen (secondary N) is 1. The fourth-order valence-electron chi connectivity index (χ4n) is 4.86. The smallest absolute Gasteiger partial charge is 0.0250 e. The van der Waals surface area contributed by atoms with Crippen LogP contribution in [-0.4, -0.2) is 6.04 Å². The van der Waals surface area contributed by atoms with E-state index in [2.05, 4.69) is 29.7 Å². The maximum Gasteiger partial charge on any atom is 0.0250 e. The third-order valence-electron chi connectivity index (χ3n) is 5.90. The number of hydrazine groups is 1. The van der Waals surface area contributed by atoms with Crippen molar-refractivity contribution in [2.24, 2.45) is 23.6 Å². The Bertz CT molecular complexity index is 458. The SMILES string of the molecule is NNC(CC1Cc2ccccc21)C1C2CCCCC21. The van der Waals surface area contributed by atoms with Crippen molar-refractivity contribution in [3.63, 3.8) is 0 Å². The molecule has 4 atom stereocenters. The van der Waals surface area contributed by atoms with Crippen molar-refractivity contribution in [2.45, 2.75) is 50.5 Å². The molecule has 0 spiro atoms. The van der Waals surface area contributed by atoms with Crippen molar-refractivity contribution in [3.8, 4) is 0 Å². The summed E-state index contributed by atoms with van der Waals surface area (Å²) in [6, 6.07) is 9.45. The van der Waals surface area contributed by atoms with Crippen LogP contribution in [0.1, 0.15) is 49.1 Å². The van der Waals surface area contributed by atoms with Crippen molar-refractivity contribution in [1.82, 2.24) is 5.43 Å². The lowest BCUT2D eigenvalue weighted by Gasteiger charge is -2.33. The van der Waals surface area contributed by atoms with Crippen LogP contribution in [0.5, 0.6) is 0 Å². The van der Waals surface area contributed by atoms with E-state index >= 15 is 0 Å². The van der Waals surface area contributed by atoms with E-state index in [-0.39, 0.29) is 0 Å². The van der Waals surface area contributed by atoms with Gasteiger partial charge in [-0.1, -0.05) is 37.1 Å². The zero-order chi connectivity index (χ0) is 12.8. The van der Waals surface area contributed by atoms with Crippen LogP contribution in [0.3, 0.4) is 0 Å². The fraction of sp³-hybridized carbons (Fsp3) is 0.647. The maximum atomic E-state index is 5.87. The van der Waals surface area contributed by atoms with Crippen LogP contribution in [0.25, 0.3) is 0 Å². The molecule has 4 rings (SSSR count). The molecule has 102 valence electrons. The topological polar surface area (TPSA) is 38.0 Å². The van der Waals surface area contributed by atoms with E-state index in [9.17, 15) is 0 Å². The molecule has 0 amide bonds. The molecule has 0 aromatic heterocycles. The molecule has 2 nitrogen and oxygen atoms in total. The minimum absolute atomic E-state index is 0.548. The Labute approximate surface area is 115 Å². The number of hydrogen-bond donors (Lipinski definition) is 2. The first kappa shape index (κ1) is 11.9. The van der Waals surface area contributed by atoms with Crippen LogP contribution < -0.4 is 11.3 Å². The molecule has 19 heavy (non-hydrogen) atoms. The molecule has 4 unspecified atom stereocenters. The first-order chi connectivity index (χ1) is 9.38. The number of hydrogen-bond acceptors (Lipinski definition) is 2. The Balaban J connectivity index is 1.42. The van der Waals surface area contributed by atoms with E-state index in [0.717, 1.165) is 23.7 Å². The molecule has 0 bridgehead atoms. The van der Waals surface area contributed by atoms with Crippen LogP contribution in [0.2, 0.25) is 0 Å². The standard InChI is InChI=1S/C17H24N2/c18-19-16(17-14-7-3-4-8-15(14)17)10-12-9-11-5-1-2-6-13(11)12/h1-2,5-6,12,14-17,19H,3-4,7-10,18H2. The number of fused-ring (bicyclic) bond motifs is 2. The van der Waals surface area contributed by atoms with Crippen molar-refractivity contribution in [2.75, 3.05) is 0 Å². The van der Waals surface area contributed by atoms with Crippen molar-refractivity contribution in [1.29, 1.82) is 0 Å². The van der Waals surface area contributed by atoms with Crippen LogP contribution in [0, 0.1) is 17.8 Å². The Morgan fingerprint density at radius 1 is 1.16 bits per heavy atom. The predicted octanol–water partition coefficient (Wildman–Crippen LogP) is 2.98. The van der Waals surface area contributed by atoms with E-state index in [1.54, 1.807) is 11.1 Å². The van der Waals surface area contributed by atoms with Crippen LogP contribution >= 0.6 is 0 Å². The lowest BCUT2D eigenvalue weighted by Crippen LogP contribution is -2.40. The van der Waals surface area contributed by atoms with Gasteiger partial charge in [0.1, 0.15) is 0 Å². The summed E-state index contributed by atoms with van der Waals surface area (Å²) in [4.78, 5) is 0. The van der Waals surface area contributed by atoms with E-state index in [0.29, 0.717) is 6.04 Å². The highest BCUT2D eigenvalue weighted by Crippen LogP contribution is 2.58. The first-order valence-corrected chi connectivity index (χ1v) is 7.92. The van der Waals surface area contributed by atoms with Gasteiger partial charge in [0.05, 0.1) is 0 Å². The first-order valence-electron chi connectivity index (χ1n) is 7.92. The fourth-order valence-corrected chi connectivity index (χ4v) is 4.86. The molecule has 0 radical (unpaired) electrons. The molecule has 0 saturated heterocycles. The molecule has 0 aliphatic heterocycles. The molecular formula is C17H24N2. The Hall–Kier alpha value is -0.860. The third kappa shape index (κ3) is 1.93. The average molecular weight is 256 g/mol. The molecule has 3 N–H and O–H groups in total. The van der Waals surface area contributed by atoms with Gasteiger partial charge in [-0.2, -0.15) is 0 Å². The van der Waals surface area contributed by atoms with Crippen LogP contribution in [0.15, 0.2) is 24.3 Å². The summed E-state index contributed by atoms with van der Waals surface area (Å²) in [5, 5.41) is 0. The van der Waals surface area contributed by atoms with Gasteiger partial charge in [0.2, 0.25) is 0 Å². The van der Waals surface area contributed by atoms with E-state index in [4.69, 9.17) is 5.84 Å². The van der Waals surface area contributed by atoms with Crippen molar-refractivity contribution in [3.05, 3.63) is 35.4 Å². The normalized spacial score (nSPS) is 36.9. The molecular weight excluding hydrogens is 232 g/mol. The summed E-state index contributed by atoms with van der Waals surface area (Å²) in [6.45, 7) is 0. The van der Waals surface area contributed by atoms with Gasteiger partial charge in [0.15, 0.2) is 0 Å². The van der Waals surface area contributed by atoms with Gasteiger partial charge in [-0.25, -0.2) is 0 Å². The maximum absolute atomic E-state index is 5.87. The third-order valence-corrected chi connectivity index (χ3v) is 5.90. The zero-order valence-electron chi connectivity index (χ0n) is 11.5. The monoisotopic (exact) mass is 256 g/mol. The molecule has 1 aromatic rings. The number of rotatable bonds is 4. The van der Waals surface area contributed by atoms with Gasteiger partial charge < -0.3 is 0 Å². The van der Waals surface area contributed by atoms with Gasteiger partial charge in [-0.15, -0.1) is 0 Å². The van der Waals surface area contributed by atoms with Gasteiger partial charge in [0, 0.05) is 6.04 Å². The van der Waals surface area contributed by atoms with Crippen molar-refractivity contribution < 1.29 is 0 Å². The molecule has 1 aromatic carbocycles. The highest BCUT2D eigenvalue weighted by atomic mass is 15.2. The molecule has 2 fully saturated rings. The summed E-state index contributed by atoms with van der Waals surface area (Å²) >= 11 is 0. The lowest BCUT2D eigenvalue weighted by atomic mass is 9.74. The van der Waals surface area contributed by atoms with E-state index < -0.39 is 0 Å². The zero-order valence-corrected chi connectivity index (χ0v) is 11.5.